The third kappa shape index (κ3) is 4.00. The molecular formula is C19H19N3O5. The Morgan fingerprint density at radius 1 is 0.889 bits per heavy atom. The zero-order valence-corrected chi connectivity index (χ0v) is 14.9. The number of carbonyl (C=O) groups is 1. The molecule has 3 aromatic rings. The Bertz CT molecular complexity index is 1100. The zero-order valence-electron chi connectivity index (χ0n) is 14.9. The van der Waals surface area contributed by atoms with Crippen molar-refractivity contribution in [3.63, 3.8) is 0 Å². The number of fused-ring (bicyclic) bond motifs is 1. The Morgan fingerprint density at radius 3 is 2.26 bits per heavy atom. The molecule has 3 rings (SSSR count). The summed E-state index contributed by atoms with van der Waals surface area (Å²) in [6.07, 6.45) is 0. The fourth-order valence-corrected chi connectivity index (χ4v) is 2.59. The van der Waals surface area contributed by atoms with Gasteiger partial charge in [-0.1, -0.05) is 0 Å². The lowest BCUT2D eigenvalue weighted by Gasteiger charge is -2.13. The van der Waals surface area contributed by atoms with Gasteiger partial charge in [0.25, 0.3) is 5.91 Å². The molecule has 2 aromatic carbocycles. The average Bonchev–Trinajstić information content (AvgIpc) is 2.65. The van der Waals surface area contributed by atoms with Crippen molar-refractivity contribution in [1.82, 2.24) is 9.97 Å². The fraction of sp³-hybridized carbons (Fsp3) is 0.211. The number of hydrogen-bond donors (Lipinski definition) is 3. The number of aromatic nitrogens is 2. The number of carbonyl (C=O) groups excluding carboxylic acids is 1. The minimum Gasteiger partial charge on any atom is -0.490 e. The van der Waals surface area contributed by atoms with E-state index in [4.69, 9.17) is 9.47 Å². The monoisotopic (exact) mass is 369 g/mol. The molecule has 0 unspecified atom stereocenters. The first kappa shape index (κ1) is 18.2. The third-order valence-corrected chi connectivity index (χ3v) is 3.79. The molecule has 1 aromatic heterocycles. The Hall–Kier alpha value is -3.55. The van der Waals surface area contributed by atoms with E-state index in [2.05, 4.69) is 15.3 Å². The van der Waals surface area contributed by atoms with E-state index in [1.54, 1.807) is 30.3 Å². The Kier molecular flexibility index (Phi) is 5.25. The van der Waals surface area contributed by atoms with Crippen LogP contribution in [0.5, 0.6) is 11.5 Å². The van der Waals surface area contributed by atoms with Gasteiger partial charge in [-0.2, -0.15) is 0 Å². The molecule has 3 N–H and O–H groups in total. The summed E-state index contributed by atoms with van der Waals surface area (Å²) in [7, 11) is 0. The molecule has 0 aliphatic heterocycles. The van der Waals surface area contributed by atoms with Gasteiger partial charge in [0.05, 0.1) is 24.2 Å². The van der Waals surface area contributed by atoms with Gasteiger partial charge < -0.3 is 24.8 Å². The number of ether oxygens (including phenoxy) is 2. The molecule has 1 heterocycles. The van der Waals surface area contributed by atoms with Crippen molar-refractivity contribution in [2.45, 2.75) is 13.8 Å². The standard InChI is InChI=1S/C19H19N3O5/c1-3-26-15-8-6-12(10-16(15)27-4-2)20-17(23)11-5-7-13-14(9-11)22-19(25)18(24)21-13/h5-10H,3-4H2,1-2H3,(H,20,23)(H,21,24)(H,22,25). The summed E-state index contributed by atoms with van der Waals surface area (Å²) < 4.78 is 11.1. The van der Waals surface area contributed by atoms with E-state index >= 15 is 0 Å². The molecule has 0 spiro atoms. The van der Waals surface area contributed by atoms with Crippen molar-refractivity contribution in [2.75, 3.05) is 18.5 Å². The van der Waals surface area contributed by atoms with Crippen LogP contribution in [-0.2, 0) is 0 Å². The first-order valence-corrected chi connectivity index (χ1v) is 8.49. The molecular weight excluding hydrogens is 350 g/mol. The first-order valence-electron chi connectivity index (χ1n) is 8.49. The summed E-state index contributed by atoms with van der Waals surface area (Å²) in [5.74, 6) is 0.776. The first-order chi connectivity index (χ1) is 13.0. The number of amides is 1. The van der Waals surface area contributed by atoms with E-state index in [-0.39, 0.29) is 5.91 Å². The number of anilines is 1. The Balaban J connectivity index is 1.87. The summed E-state index contributed by atoms with van der Waals surface area (Å²) in [4.78, 5) is 40.3. The van der Waals surface area contributed by atoms with Crippen molar-refractivity contribution in [2.24, 2.45) is 0 Å². The molecule has 0 aliphatic rings. The predicted octanol–water partition coefficient (Wildman–Crippen LogP) is 2.27. The van der Waals surface area contributed by atoms with Gasteiger partial charge in [-0.15, -0.1) is 0 Å². The lowest BCUT2D eigenvalue weighted by atomic mass is 10.1. The highest BCUT2D eigenvalue weighted by Gasteiger charge is 2.11. The molecule has 0 saturated heterocycles. The molecule has 140 valence electrons. The lowest BCUT2D eigenvalue weighted by molar-refractivity contribution is 0.102. The minimum absolute atomic E-state index is 0.331. The Labute approximate surface area is 154 Å². The van der Waals surface area contributed by atoms with Gasteiger partial charge in [-0.25, -0.2) is 0 Å². The molecule has 0 saturated carbocycles. The quantitative estimate of drug-likeness (QED) is 0.577. The van der Waals surface area contributed by atoms with E-state index in [0.717, 1.165) is 0 Å². The maximum atomic E-state index is 12.5. The smallest absolute Gasteiger partial charge is 0.314 e. The molecule has 0 aliphatic carbocycles. The summed E-state index contributed by atoms with van der Waals surface area (Å²) in [5, 5.41) is 2.78. The SMILES string of the molecule is CCOc1ccc(NC(=O)c2ccc3[nH]c(=O)c(=O)[nH]c3c2)cc1OCC. The van der Waals surface area contributed by atoms with Gasteiger partial charge in [0.1, 0.15) is 0 Å². The Morgan fingerprint density at radius 2 is 1.56 bits per heavy atom. The predicted molar refractivity (Wildman–Crippen MR) is 102 cm³/mol. The molecule has 8 heteroatoms. The van der Waals surface area contributed by atoms with Crippen molar-refractivity contribution >= 4 is 22.6 Å². The largest absolute Gasteiger partial charge is 0.490 e. The number of hydrogen-bond acceptors (Lipinski definition) is 5. The zero-order chi connectivity index (χ0) is 19.4. The van der Waals surface area contributed by atoms with Crippen molar-refractivity contribution in [3.05, 3.63) is 62.7 Å². The van der Waals surface area contributed by atoms with Crippen LogP contribution >= 0.6 is 0 Å². The summed E-state index contributed by atoms with van der Waals surface area (Å²) >= 11 is 0. The minimum atomic E-state index is -0.770. The average molecular weight is 369 g/mol. The second-order valence-electron chi connectivity index (χ2n) is 5.65. The normalized spacial score (nSPS) is 10.6. The van der Waals surface area contributed by atoms with Crippen LogP contribution in [0.4, 0.5) is 5.69 Å². The van der Waals surface area contributed by atoms with Crippen LogP contribution in [0.15, 0.2) is 46.0 Å². The van der Waals surface area contributed by atoms with E-state index in [1.165, 1.54) is 6.07 Å². The molecule has 27 heavy (non-hydrogen) atoms. The number of nitrogens with one attached hydrogen (secondary N) is 3. The highest BCUT2D eigenvalue weighted by atomic mass is 16.5. The van der Waals surface area contributed by atoms with E-state index in [0.29, 0.717) is 47.0 Å². The highest BCUT2D eigenvalue weighted by molar-refractivity contribution is 6.06. The molecule has 1 amide bonds. The van der Waals surface area contributed by atoms with Gasteiger partial charge in [-0.05, 0) is 44.2 Å². The second-order valence-corrected chi connectivity index (χ2v) is 5.65. The molecule has 0 bridgehead atoms. The van der Waals surface area contributed by atoms with E-state index < -0.39 is 11.1 Å². The van der Waals surface area contributed by atoms with Crippen LogP contribution in [0.25, 0.3) is 11.0 Å². The van der Waals surface area contributed by atoms with Crippen LogP contribution in [0.2, 0.25) is 0 Å². The third-order valence-electron chi connectivity index (χ3n) is 3.79. The maximum absolute atomic E-state index is 12.5. The lowest BCUT2D eigenvalue weighted by Crippen LogP contribution is -2.29. The van der Waals surface area contributed by atoms with Gasteiger partial charge in [0.15, 0.2) is 11.5 Å². The summed E-state index contributed by atoms with van der Waals surface area (Å²) in [6, 6.07) is 9.75. The van der Waals surface area contributed by atoms with Crippen LogP contribution in [0.1, 0.15) is 24.2 Å². The number of H-pyrrole nitrogens is 2. The number of aromatic amines is 2. The van der Waals surface area contributed by atoms with Crippen LogP contribution in [0.3, 0.4) is 0 Å². The second kappa shape index (κ2) is 7.77. The highest BCUT2D eigenvalue weighted by Crippen LogP contribution is 2.30. The van der Waals surface area contributed by atoms with Gasteiger partial charge >= 0.3 is 11.1 Å². The van der Waals surface area contributed by atoms with Gasteiger partial charge in [0, 0.05) is 17.3 Å². The van der Waals surface area contributed by atoms with Gasteiger partial charge in [-0.3, -0.25) is 14.4 Å². The van der Waals surface area contributed by atoms with Crippen molar-refractivity contribution in [3.8, 4) is 11.5 Å². The van der Waals surface area contributed by atoms with Crippen molar-refractivity contribution in [1.29, 1.82) is 0 Å². The topological polar surface area (TPSA) is 113 Å². The fourth-order valence-electron chi connectivity index (χ4n) is 2.59. The summed E-state index contributed by atoms with van der Waals surface area (Å²) in [5.41, 5.74) is 0.175. The van der Waals surface area contributed by atoms with Crippen molar-refractivity contribution < 1.29 is 14.3 Å². The maximum Gasteiger partial charge on any atom is 0.314 e. The van der Waals surface area contributed by atoms with E-state index in [9.17, 15) is 14.4 Å². The van der Waals surface area contributed by atoms with Crippen LogP contribution in [0, 0.1) is 0 Å². The molecule has 0 radical (unpaired) electrons. The number of rotatable bonds is 6. The van der Waals surface area contributed by atoms with Gasteiger partial charge in [0.2, 0.25) is 0 Å². The van der Waals surface area contributed by atoms with Crippen LogP contribution < -0.4 is 25.9 Å². The number of benzene rings is 2. The molecule has 0 fully saturated rings. The van der Waals surface area contributed by atoms with Crippen LogP contribution in [-0.4, -0.2) is 29.1 Å². The van der Waals surface area contributed by atoms with E-state index in [1.807, 2.05) is 13.8 Å². The summed E-state index contributed by atoms with van der Waals surface area (Å²) in [6.45, 7) is 4.71. The molecule has 8 nitrogen and oxygen atoms in total. The molecule has 0 atom stereocenters.